The fraction of sp³-hybridized carbons (Fsp3) is 0.462. The Hall–Kier alpha value is -1.58. The molecule has 0 amide bonds. The third-order valence-corrected chi connectivity index (χ3v) is 3.38. The normalized spacial score (nSPS) is 16.1. The van der Waals surface area contributed by atoms with Crippen LogP contribution in [0, 0.1) is 17.7 Å². The fourth-order valence-electron chi connectivity index (χ4n) is 2.09. The predicted octanol–water partition coefficient (Wildman–Crippen LogP) is 2.62. The van der Waals surface area contributed by atoms with Gasteiger partial charge in [0.1, 0.15) is 5.82 Å². The number of carbonyl (C=O) groups is 1. The summed E-state index contributed by atoms with van der Waals surface area (Å²) in [4.78, 5) is 13.0. The van der Waals surface area contributed by atoms with Crippen LogP contribution in [0.1, 0.15) is 24.2 Å². The van der Waals surface area contributed by atoms with Gasteiger partial charge in [0.25, 0.3) is 0 Å². The first-order valence-electron chi connectivity index (χ1n) is 5.77. The Morgan fingerprint density at radius 1 is 1.47 bits per heavy atom. The number of carboxylic acids is 1. The first kappa shape index (κ1) is 11.9. The van der Waals surface area contributed by atoms with Crippen molar-refractivity contribution in [1.82, 2.24) is 0 Å². The second-order valence-electron chi connectivity index (χ2n) is 4.88. The quantitative estimate of drug-likeness (QED) is 0.878. The highest BCUT2D eigenvalue weighted by atomic mass is 19.1. The fourth-order valence-corrected chi connectivity index (χ4v) is 2.09. The zero-order valence-corrected chi connectivity index (χ0v) is 9.98. The molecule has 1 N–H and O–H groups in total. The Kier molecular flexibility index (Phi) is 3.05. The van der Waals surface area contributed by atoms with Crippen LogP contribution in [0.5, 0.6) is 0 Å². The molecule has 2 rings (SSSR count). The summed E-state index contributed by atoms with van der Waals surface area (Å²) in [6, 6.07) is 3.94. The van der Waals surface area contributed by atoms with Gasteiger partial charge in [-0.1, -0.05) is 13.8 Å². The van der Waals surface area contributed by atoms with E-state index in [-0.39, 0.29) is 5.56 Å². The van der Waals surface area contributed by atoms with Gasteiger partial charge in [-0.2, -0.15) is 0 Å². The molecule has 4 heteroatoms. The molecule has 0 aliphatic carbocycles. The van der Waals surface area contributed by atoms with E-state index in [0.717, 1.165) is 19.2 Å². The summed E-state index contributed by atoms with van der Waals surface area (Å²) in [6.45, 7) is 6.02. The standard InChI is InChI=1S/C13H16FNO2/c1-8(2)9-6-15(7-9)12-4-3-10(14)5-11(12)13(16)17/h3-5,8-9H,6-7H2,1-2H3,(H,16,17). The van der Waals surface area contributed by atoms with Crippen molar-refractivity contribution in [2.24, 2.45) is 11.8 Å². The SMILES string of the molecule is CC(C)C1CN(c2ccc(F)cc2C(=O)O)C1. The van der Waals surface area contributed by atoms with E-state index in [1.165, 1.54) is 6.07 Å². The van der Waals surface area contributed by atoms with Crippen LogP contribution < -0.4 is 4.90 Å². The van der Waals surface area contributed by atoms with E-state index in [9.17, 15) is 9.18 Å². The summed E-state index contributed by atoms with van der Waals surface area (Å²) < 4.78 is 13.0. The molecule has 0 aromatic heterocycles. The number of anilines is 1. The molecule has 1 aliphatic rings. The van der Waals surface area contributed by atoms with Gasteiger partial charge >= 0.3 is 5.97 Å². The van der Waals surface area contributed by atoms with Crippen LogP contribution in [0.4, 0.5) is 10.1 Å². The van der Waals surface area contributed by atoms with E-state index in [1.807, 2.05) is 4.90 Å². The molecule has 1 saturated heterocycles. The number of benzene rings is 1. The van der Waals surface area contributed by atoms with Crippen LogP contribution >= 0.6 is 0 Å². The number of halogens is 1. The highest BCUT2D eigenvalue weighted by molar-refractivity contribution is 5.94. The van der Waals surface area contributed by atoms with Gasteiger partial charge in [-0.05, 0) is 30.0 Å². The third kappa shape index (κ3) is 2.25. The van der Waals surface area contributed by atoms with Crippen molar-refractivity contribution in [3.63, 3.8) is 0 Å². The maximum absolute atomic E-state index is 13.0. The van der Waals surface area contributed by atoms with E-state index in [4.69, 9.17) is 5.11 Å². The van der Waals surface area contributed by atoms with Crippen LogP contribution in [0.25, 0.3) is 0 Å². The highest BCUT2D eigenvalue weighted by Crippen LogP contribution is 2.31. The van der Waals surface area contributed by atoms with Gasteiger partial charge in [0.2, 0.25) is 0 Å². The van der Waals surface area contributed by atoms with Gasteiger partial charge in [0.15, 0.2) is 0 Å². The maximum Gasteiger partial charge on any atom is 0.337 e. The molecule has 0 radical (unpaired) electrons. The van der Waals surface area contributed by atoms with Gasteiger partial charge in [0.05, 0.1) is 11.3 Å². The minimum Gasteiger partial charge on any atom is -0.478 e. The van der Waals surface area contributed by atoms with E-state index in [0.29, 0.717) is 17.5 Å². The van der Waals surface area contributed by atoms with Crippen LogP contribution in [0.3, 0.4) is 0 Å². The number of carboxylic acid groups (broad SMARTS) is 1. The first-order valence-corrected chi connectivity index (χ1v) is 5.77. The summed E-state index contributed by atoms with van der Waals surface area (Å²) >= 11 is 0. The molecule has 17 heavy (non-hydrogen) atoms. The van der Waals surface area contributed by atoms with Gasteiger partial charge in [0, 0.05) is 13.1 Å². The van der Waals surface area contributed by atoms with Crippen LogP contribution in [0.2, 0.25) is 0 Å². The van der Waals surface area contributed by atoms with E-state index in [2.05, 4.69) is 13.8 Å². The van der Waals surface area contributed by atoms with E-state index < -0.39 is 11.8 Å². The molecule has 1 fully saturated rings. The second kappa shape index (κ2) is 4.35. The van der Waals surface area contributed by atoms with Gasteiger partial charge in [-0.15, -0.1) is 0 Å². The molecule has 0 unspecified atom stereocenters. The van der Waals surface area contributed by atoms with Crippen LogP contribution in [-0.2, 0) is 0 Å². The Morgan fingerprint density at radius 2 is 2.12 bits per heavy atom. The summed E-state index contributed by atoms with van der Waals surface area (Å²) in [5.41, 5.74) is 0.669. The zero-order chi connectivity index (χ0) is 12.6. The topological polar surface area (TPSA) is 40.5 Å². The Bertz CT molecular complexity index is 439. The molecular weight excluding hydrogens is 221 g/mol. The Balaban J connectivity index is 2.20. The average molecular weight is 237 g/mol. The van der Waals surface area contributed by atoms with Gasteiger partial charge < -0.3 is 10.0 Å². The van der Waals surface area contributed by atoms with Crippen molar-refractivity contribution in [2.75, 3.05) is 18.0 Å². The molecule has 1 aromatic carbocycles. The van der Waals surface area contributed by atoms with E-state index in [1.54, 1.807) is 6.07 Å². The minimum absolute atomic E-state index is 0.0483. The van der Waals surface area contributed by atoms with Crippen molar-refractivity contribution < 1.29 is 14.3 Å². The molecule has 0 saturated carbocycles. The van der Waals surface area contributed by atoms with Crippen molar-refractivity contribution >= 4 is 11.7 Å². The minimum atomic E-state index is -1.08. The second-order valence-corrected chi connectivity index (χ2v) is 4.88. The van der Waals surface area contributed by atoms with Crippen molar-refractivity contribution in [3.05, 3.63) is 29.6 Å². The Morgan fingerprint density at radius 3 is 2.65 bits per heavy atom. The van der Waals surface area contributed by atoms with Crippen molar-refractivity contribution in [1.29, 1.82) is 0 Å². The summed E-state index contributed by atoms with van der Waals surface area (Å²) in [5.74, 6) is -0.388. The zero-order valence-electron chi connectivity index (χ0n) is 9.98. The lowest BCUT2D eigenvalue weighted by atomic mass is 9.87. The monoisotopic (exact) mass is 237 g/mol. The molecule has 0 spiro atoms. The Labute approximate surface area is 99.9 Å². The van der Waals surface area contributed by atoms with Crippen LogP contribution in [-0.4, -0.2) is 24.2 Å². The molecule has 1 heterocycles. The lowest BCUT2D eigenvalue weighted by molar-refractivity contribution is 0.0696. The first-order chi connectivity index (χ1) is 7.99. The number of hydrogen-bond acceptors (Lipinski definition) is 2. The third-order valence-electron chi connectivity index (χ3n) is 3.38. The maximum atomic E-state index is 13.0. The lowest BCUT2D eigenvalue weighted by Crippen LogP contribution is -2.49. The molecule has 1 aliphatic heterocycles. The average Bonchev–Trinajstić information content (AvgIpc) is 2.16. The summed E-state index contributed by atoms with van der Waals surface area (Å²) in [6.07, 6.45) is 0. The molecule has 1 aromatic rings. The van der Waals surface area contributed by atoms with Crippen LogP contribution in [0.15, 0.2) is 18.2 Å². The molecule has 0 bridgehead atoms. The molecule has 3 nitrogen and oxygen atoms in total. The molecule has 0 atom stereocenters. The smallest absolute Gasteiger partial charge is 0.337 e. The predicted molar refractivity (Wildman–Crippen MR) is 63.9 cm³/mol. The highest BCUT2D eigenvalue weighted by Gasteiger charge is 2.31. The summed E-state index contributed by atoms with van der Waals surface area (Å²) in [5, 5.41) is 9.04. The molecular formula is C13H16FNO2. The lowest BCUT2D eigenvalue weighted by Gasteiger charge is -2.43. The number of rotatable bonds is 3. The summed E-state index contributed by atoms with van der Waals surface area (Å²) in [7, 11) is 0. The van der Waals surface area contributed by atoms with Gasteiger partial charge in [-0.25, -0.2) is 9.18 Å². The largest absolute Gasteiger partial charge is 0.478 e. The van der Waals surface area contributed by atoms with E-state index >= 15 is 0 Å². The van der Waals surface area contributed by atoms with Crippen molar-refractivity contribution in [3.8, 4) is 0 Å². The van der Waals surface area contributed by atoms with Crippen molar-refractivity contribution in [2.45, 2.75) is 13.8 Å². The number of hydrogen-bond donors (Lipinski definition) is 1. The number of nitrogens with zero attached hydrogens (tertiary/aromatic N) is 1. The molecule has 92 valence electrons. The number of aromatic carboxylic acids is 1. The van der Waals surface area contributed by atoms with Gasteiger partial charge in [-0.3, -0.25) is 0 Å².